The van der Waals surface area contributed by atoms with E-state index in [0.717, 1.165) is 12.2 Å². The number of hydrogen-bond donors (Lipinski definition) is 1. The van der Waals surface area contributed by atoms with Crippen LogP contribution in [0.2, 0.25) is 0 Å². The number of aromatic nitrogens is 1. The zero-order valence-electron chi connectivity index (χ0n) is 11.2. The van der Waals surface area contributed by atoms with E-state index in [1.165, 1.54) is 12.1 Å². The lowest BCUT2D eigenvalue weighted by atomic mass is 10.1. The third-order valence-corrected chi connectivity index (χ3v) is 3.70. The quantitative estimate of drug-likeness (QED) is 0.851. The second-order valence-electron chi connectivity index (χ2n) is 4.93. The van der Waals surface area contributed by atoms with E-state index in [1.54, 1.807) is 17.0 Å². The number of carbonyl (C=O) groups is 1. The van der Waals surface area contributed by atoms with Gasteiger partial charge in [0.2, 0.25) is 0 Å². The van der Waals surface area contributed by atoms with E-state index in [0.29, 0.717) is 12.2 Å². The molecule has 104 valence electrons. The highest BCUT2D eigenvalue weighted by Crippen LogP contribution is 2.25. The lowest BCUT2D eigenvalue weighted by Crippen LogP contribution is -2.42. The Hall–Kier alpha value is -2.30. The Labute approximate surface area is 116 Å². The molecule has 1 aromatic heterocycles. The summed E-state index contributed by atoms with van der Waals surface area (Å²) in [6, 6.07) is 9.68. The average Bonchev–Trinajstić information content (AvgIpc) is 2.91. The topological polar surface area (TPSA) is 37.3 Å². The summed E-state index contributed by atoms with van der Waals surface area (Å²) in [5.74, 6) is -0.313. The van der Waals surface area contributed by atoms with Crippen LogP contribution in [0.5, 0.6) is 0 Å². The Morgan fingerprint density at radius 1 is 1.25 bits per heavy atom. The van der Waals surface area contributed by atoms with Gasteiger partial charge in [0.1, 0.15) is 5.82 Å². The molecular formula is C15H16FN3O. The van der Waals surface area contributed by atoms with E-state index in [9.17, 15) is 9.18 Å². The molecule has 0 unspecified atom stereocenters. The molecule has 2 amide bonds. The maximum absolute atomic E-state index is 12.8. The molecule has 0 bridgehead atoms. The zero-order chi connectivity index (χ0) is 14.1. The smallest absolute Gasteiger partial charge is 0.322 e. The second-order valence-corrected chi connectivity index (χ2v) is 4.93. The SMILES string of the molecule is C[C@H]1c2cccn2CCN1C(=O)Nc1ccc(F)cc1. The van der Waals surface area contributed by atoms with Crippen molar-refractivity contribution in [3.63, 3.8) is 0 Å². The number of hydrogen-bond acceptors (Lipinski definition) is 1. The number of amides is 2. The van der Waals surface area contributed by atoms with Crippen molar-refractivity contribution in [2.75, 3.05) is 11.9 Å². The molecule has 2 aromatic rings. The van der Waals surface area contributed by atoms with Crippen LogP contribution < -0.4 is 5.32 Å². The van der Waals surface area contributed by atoms with Crippen molar-refractivity contribution in [1.82, 2.24) is 9.47 Å². The number of fused-ring (bicyclic) bond motifs is 1. The highest BCUT2D eigenvalue weighted by molar-refractivity contribution is 5.89. The van der Waals surface area contributed by atoms with Crippen molar-refractivity contribution in [2.24, 2.45) is 0 Å². The first-order chi connectivity index (χ1) is 9.65. The van der Waals surface area contributed by atoms with Crippen molar-refractivity contribution < 1.29 is 9.18 Å². The van der Waals surface area contributed by atoms with E-state index >= 15 is 0 Å². The van der Waals surface area contributed by atoms with Gasteiger partial charge in [-0.2, -0.15) is 0 Å². The van der Waals surface area contributed by atoms with E-state index in [-0.39, 0.29) is 17.9 Å². The lowest BCUT2D eigenvalue weighted by molar-refractivity contribution is 0.175. The van der Waals surface area contributed by atoms with Gasteiger partial charge in [-0.15, -0.1) is 0 Å². The summed E-state index contributed by atoms with van der Waals surface area (Å²) in [7, 11) is 0. The normalized spacial score (nSPS) is 17.7. The summed E-state index contributed by atoms with van der Waals surface area (Å²) in [6.07, 6.45) is 2.03. The number of benzene rings is 1. The summed E-state index contributed by atoms with van der Waals surface area (Å²) in [5.41, 5.74) is 1.73. The molecule has 20 heavy (non-hydrogen) atoms. The molecule has 1 aliphatic rings. The Balaban J connectivity index is 1.73. The molecule has 1 atom stereocenters. The van der Waals surface area contributed by atoms with Gasteiger partial charge in [-0.05, 0) is 43.3 Å². The minimum absolute atomic E-state index is 0.0270. The average molecular weight is 273 g/mol. The number of anilines is 1. The van der Waals surface area contributed by atoms with Crippen LogP contribution >= 0.6 is 0 Å². The number of carbonyl (C=O) groups excluding carboxylic acids is 1. The molecule has 2 heterocycles. The van der Waals surface area contributed by atoms with Gasteiger partial charge in [0, 0.05) is 30.7 Å². The van der Waals surface area contributed by atoms with Crippen molar-refractivity contribution in [3.05, 3.63) is 54.1 Å². The predicted molar refractivity (Wildman–Crippen MR) is 75.0 cm³/mol. The highest BCUT2D eigenvalue weighted by Gasteiger charge is 2.27. The monoisotopic (exact) mass is 273 g/mol. The second kappa shape index (κ2) is 5.00. The molecule has 0 saturated carbocycles. The Kier molecular flexibility index (Phi) is 3.18. The minimum atomic E-state index is -0.313. The molecule has 1 aromatic carbocycles. The highest BCUT2D eigenvalue weighted by atomic mass is 19.1. The van der Waals surface area contributed by atoms with Gasteiger partial charge < -0.3 is 14.8 Å². The summed E-state index contributed by atoms with van der Waals surface area (Å²) >= 11 is 0. The number of nitrogens with zero attached hydrogens (tertiary/aromatic N) is 2. The van der Waals surface area contributed by atoms with Crippen LogP contribution in [0, 0.1) is 5.82 Å². The number of rotatable bonds is 1. The predicted octanol–water partition coefficient (Wildman–Crippen LogP) is 3.24. The van der Waals surface area contributed by atoms with Crippen molar-refractivity contribution in [2.45, 2.75) is 19.5 Å². The minimum Gasteiger partial charge on any atom is -0.348 e. The third-order valence-electron chi connectivity index (χ3n) is 3.70. The number of urea groups is 1. The first kappa shape index (κ1) is 12.7. The van der Waals surface area contributed by atoms with Crippen molar-refractivity contribution in [1.29, 1.82) is 0 Å². The van der Waals surface area contributed by atoms with Crippen LogP contribution in [0.1, 0.15) is 18.7 Å². The van der Waals surface area contributed by atoms with Gasteiger partial charge in [0.25, 0.3) is 0 Å². The van der Waals surface area contributed by atoms with Gasteiger partial charge in [0.15, 0.2) is 0 Å². The van der Waals surface area contributed by atoms with E-state index in [4.69, 9.17) is 0 Å². The first-order valence-electron chi connectivity index (χ1n) is 6.63. The Bertz CT molecular complexity index is 620. The molecule has 0 aliphatic carbocycles. The fourth-order valence-electron chi connectivity index (χ4n) is 2.58. The maximum atomic E-state index is 12.8. The van der Waals surface area contributed by atoms with Crippen LogP contribution in [0.4, 0.5) is 14.9 Å². The molecular weight excluding hydrogens is 257 g/mol. The standard InChI is InChI=1S/C15H16FN3O/c1-11-14-3-2-8-18(14)9-10-19(11)15(20)17-13-6-4-12(16)5-7-13/h2-8,11H,9-10H2,1H3,(H,17,20)/t11-/m0/s1. The van der Waals surface area contributed by atoms with Crippen LogP contribution in [0.25, 0.3) is 0 Å². The van der Waals surface area contributed by atoms with E-state index in [1.807, 2.05) is 25.3 Å². The van der Waals surface area contributed by atoms with E-state index in [2.05, 4.69) is 9.88 Å². The van der Waals surface area contributed by atoms with Gasteiger partial charge in [-0.1, -0.05) is 0 Å². The molecule has 0 radical (unpaired) electrons. The fourth-order valence-corrected chi connectivity index (χ4v) is 2.58. The molecule has 0 saturated heterocycles. The fraction of sp³-hybridized carbons (Fsp3) is 0.267. The Morgan fingerprint density at radius 2 is 2.00 bits per heavy atom. The largest absolute Gasteiger partial charge is 0.348 e. The van der Waals surface area contributed by atoms with Gasteiger partial charge >= 0.3 is 6.03 Å². The van der Waals surface area contributed by atoms with Crippen LogP contribution in [0.15, 0.2) is 42.6 Å². The maximum Gasteiger partial charge on any atom is 0.322 e. The molecule has 3 rings (SSSR count). The van der Waals surface area contributed by atoms with Gasteiger partial charge in [0.05, 0.1) is 6.04 Å². The lowest BCUT2D eigenvalue weighted by Gasteiger charge is -2.34. The number of nitrogens with one attached hydrogen (secondary N) is 1. The molecule has 1 aliphatic heterocycles. The summed E-state index contributed by atoms with van der Waals surface area (Å²) in [5, 5.41) is 2.80. The van der Waals surface area contributed by atoms with Crippen molar-refractivity contribution in [3.8, 4) is 0 Å². The summed E-state index contributed by atoms with van der Waals surface area (Å²) in [6.45, 7) is 3.47. The summed E-state index contributed by atoms with van der Waals surface area (Å²) in [4.78, 5) is 14.1. The first-order valence-corrected chi connectivity index (χ1v) is 6.63. The Morgan fingerprint density at radius 3 is 2.75 bits per heavy atom. The van der Waals surface area contributed by atoms with Crippen molar-refractivity contribution >= 4 is 11.7 Å². The molecule has 0 fully saturated rings. The van der Waals surface area contributed by atoms with Crippen LogP contribution in [-0.4, -0.2) is 22.0 Å². The number of halogens is 1. The zero-order valence-corrected chi connectivity index (χ0v) is 11.2. The molecule has 1 N–H and O–H groups in total. The van der Waals surface area contributed by atoms with Gasteiger partial charge in [-0.25, -0.2) is 9.18 Å². The molecule has 4 nitrogen and oxygen atoms in total. The molecule has 5 heteroatoms. The van der Waals surface area contributed by atoms with E-state index < -0.39 is 0 Å². The third kappa shape index (κ3) is 2.27. The molecule has 0 spiro atoms. The van der Waals surface area contributed by atoms with Gasteiger partial charge in [-0.3, -0.25) is 0 Å². The summed E-state index contributed by atoms with van der Waals surface area (Å²) < 4.78 is 15.0. The van der Waals surface area contributed by atoms with Crippen LogP contribution in [0.3, 0.4) is 0 Å². The van der Waals surface area contributed by atoms with Crippen LogP contribution in [-0.2, 0) is 6.54 Å².